The summed E-state index contributed by atoms with van der Waals surface area (Å²) in [6, 6.07) is 12.2. The van der Waals surface area contributed by atoms with Crippen molar-refractivity contribution in [3.05, 3.63) is 58.1 Å². The maximum atomic E-state index is 11.9. The monoisotopic (exact) mass is 341 g/mol. The van der Waals surface area contributed by atoms with Crippen LogP contribution in [0.4, 0.5) is 5.69 Å². The van der Waals surface area contributed by atoms with Crippen molar-refractivity contribution in [2.45, 2.75) is 11.5 Å². The van der Waals surface area contributed by atoms with E-state index in [9.17, 15) is 4.79 Å². The molecule has 21 heavy (non-hydrogen) atoms. The molecule has 2 N–H and O–H groups in total. The average Bonchev–Trinajstić information content (AvgIpc) is 2.48. The van der Waals surface area contributed by atoms with Crippen molar-refractivity contribution in [2.75, 3.05) is 11.1 Å². The van der Waals surface area contributed by atoms with Crippen molar-refractivity contribution in [3.8, 4) is 0 Å². The molecule has 0 saturated heterocycles. The lowest BCUT2D eigenvalue weighted by molar-refractivity contribution is -0.113. The number of carbonyl (C=O) groups excluding carboxylic acids is 1. The highest BCUT2D eigenvalue weighted by Crippen LogP contribution is 2.29. The average molecular weight is 342 g/mol. The van der Waals surface area contributed by atoms with Crippen molar-refractivity contribution >= 4 is 46.6 Å². The van der Waals surface area contributed by atoms with Gasteiger partial charge in [-0.25, -0.2) is 0 Å². The Hall–Kier alpha value is -1.20. The summed E-state index contributed by atoms with van der Waals surface area (Å²) in [6.07, 6.45) is 0. The molecule has 0 aliphatic heterocycles. The van der Waals surface area contributed by atoms with Crippen LogP contribution in [0.15, 0.2) is 47.4 Å². The van der Waals surface area contributed by atoms with Crippen LogP contribution in [0.25, 0.3) is 0 Å². The third kappa shape index (κ3) is 4.93. The largest absolute Gasteiger partial charge is 0.392 e. The third-order valence-electron chi connectivity index (χ3n) is 2.65. The Balaban J connectivity index is 1.94. The van der Waals surface area contributed by atoms with Gasteiger partial charge in [0.05, 0.1) is 17.4 Å². The van der Waals surface area contributed by atoms with Crippen LogP contribution in [0.3, 0.4) is 0 Å². The standard InChI is InChI=1S/C15H13Cl2NO2S/c16-11-4-5-13(17)14(7-11)21-9-15(20)18-12-3-1-2-10(6-12)8-19/h1-7,19H,8-9H2,(H,18,20). The summed E-state index contributed by atoms with van der Waals surface area (Å²) in [5.41, 5.74) is 1.41. The first kappa shape index (κ1) is 16.2. The van der Waals surface area contributed by atoms with Crippen molar-refractivity contribution in [1.29, 1.82) is 0 Å². The molecule has 2 aromatic carbocycles. The number of carbonyl (C=O) groups is 1. The Morgan fingerprint density at radius 2 is 2.00 bits per heavy atom. The second-order valence-corrected chi connectivity index (χ2v) is 6.13. The van der Waals surface area contributed by atoms with Gasteiger partial charge in [0.1, 0.15) is 0 Å². The molecule has 0 bridgehead atoms. The van der Waals surface area contributed by atoms with Gasteiger partial charge in [-0.2, -0.15) is 0 Å². The van der Waals surface area contributed by atoms with Gasteiger partial charge in [0, 0.05) is 15.6 Å². The number of rotatable bonds is 5. The molecule has 2 aromatic rings. The summed E-state index contributed by atoms with van der Waals surface area (Å²) < 4.78 is 0. The Morgan fingerprint density at radius 3 is 2.76 bits per heavy atom. The van der Waals surface area contributed by atoms with Crippen molar-refractivity contribution in [3.63, 3.8) is 0 Å². The van der Waals surface area contributed by atoms with Crippen LogP contribution in [0.1, 0.15) is 5.56 Å². The van der Waals surface area contributed by atoms with Gasteiger partial charge >= 0.3 is 0 Å². The molecule has 0 aliphatic carbocycles. The molecule has 2 rings (SSSR count). The van der Waals surface area contributed by atoms with Gasteiger partial charge in [-0.1, -0.05) is 35.3 Å². The normalized spacial score (nSPS) is 10.4. The zero-order valence-corrected chi connectivity index (χ0v) is 13.3. The van der Waals surface area contributed by atoms with Gasteiger partial charge < -0.3 is 10.4 Å². The maximum Gasteiger partial charge on any atom is 0.234 e. The van der Waals surface area contributed by atoms with E-state index in [-0.39, 0.29) is 18.3 Å². The lowest BCUT2D eigenvalue weighted by Gasteiger charge is -2.07. The minimum atomic E-state index is -0.147. The first-order valence-electron chi connectivity index (χ1n) is 6.16. The molecule has 0 heterocycles. The molecule has 0 aliphatic rings. The van der Waals surface area contributed by atoms with Crippen LogP contribution in [0.2, 0.25) is 10.0 Å². The van der Waals surface area contributed by atoms with E-state index in [4.69, 9.17) is 28.3 Å². The number of hydrogen-bond acceptors (Lipinski definition) is 3. The predicted octanol–water partition coefficient (Wildman–Crippen LogP) is 4.22. The Labute approximate surface area is 137 Å². The molecule has 6 heteroatoms. The number of anilines is 1. The van der Waals surface area contributed by atoms with E-state index in [1.807, 2.05) is 0 Å². The SMILES string of the molecule is O=C(CSc1cc(Cl)ccc1Cl)Nc1cccc(CO)c1. The summed E-state index contributed by atoms with van der Waals surface area (Å²) in [5, 5.41) is 13.0. The molecule has 3 nitrogen and oxygen atoms in total. The first-order chi connectivity index (χ1) is 10.1. The topological polar surface area (TPSA) is 49.3 Å². The molecular formula is C15H13Cl2NO2S. The number of aliphatic hydroxyl groups is 1. The summed E-state index contributed by atoms with van der Waals surface area (Å²) in [4.78, 5) is 12.7. The second-order valence-electron chi connectivity index (χ2n) is 4.27. The molecule has 0 unspecified atom stereocenters. The van der Waals surface area contributed by atoms with E-state index in [0.717, 1.165) is 10.5 Å². The Bertz CT molecular complexity index is 649. The van der Waals surface area contributed by atoms with Gasteiger partial charge in [0.2, 0.25) is 5.91 Å². The van der Waals surface area contributed by atoms with Crippen LogP contribution < -0.4 is 5.32 Å². The van der Waals surface area contributed by atoms with Crippen molar-refractivity contribution in [1.82, 2.24) is 0 Å². The molecule has 110 valence electrons. The predicted molar refractivity (Wildman–Crippen MR) is 88.2 cm³/mol. The van der Waals surface area contributed by atoms with Gasteiger partial charge in [0.25, 0.3) is 0 Å². The fraction of sp³-hybridized carbons (Fsp3) is 0.133. The molecule has 0 radical (unpaired) electrons. The van der Waals surface area contributed by atoms with Crippen LogP contribution in [-0.4, -0.2) is 16.8 Å². The minimum Gasteiger partial charge on any atom is -0.392 e. The van der Waals surface area contributed by atoms with Gasteiger partial charge in [0.15, 0.2) is 0 Å². The highest BCUT2D eigenvalue weighted by atomic mass is 35.5. The van der Waals surface area contributed by atoms with Gasteiger partial charge in [-0.05, 0) is 35.9 Å². The summed E-state index contributed by atoms with van der Waals surface area (Å²) in [5.74, 6) is 0.0785. The third-order valence-corrected chi connectivity index (χ3v) is 4.38. The van der Waals surface area contributed by atoms with E-state index in [1.54, 1.807) is 42.5 Å². The summed E-state index contributed by atoms with van der Waals surface area (Å²) in [7, 11) is 0. The summed E-state index contributed by atoms with van der Waals surface area (Å²) in [6.45, 7) is -0.0589. The van der Waals surface area contributed by atoms with Crippen LogP contribution in [0.5, 0.6) is 0 Å². The van der Waals surface area contributed by atoms with Crippen molar-refractivity contribution in [2.24, 2.45) is 0 Å². The van der Waals surface area contributed by atoms with Crippen molar-refractivity contribution < 1.29 is 9.90 Å². The van der Waals surface area contributed by atoms with Gasteiger partial charge in [-0.15, -0.1) is 11.8 Å². The molecule has 1 amide bonds. The fourth-order valence-corrected chi connectivity index (χ4v) is 2.97. The molecule has 0 atom stereocenters. The highest BCUT2D eigenvalue weighted by Gasteiger charge is 2.07. The number of amides is 1. The van der Waals surface area contributed by atoms with Gasteiger partial charge in [-0.3, -0.25) is 4.79 Å². The number of thioether (sulfide) groups is 1. The smallest absolute Gasteiger partial charge is 0.234 e. The second kappa shape index (κ2) is 7.71. The van der Waals surface area contributed by atoms with E-state index < -0.39 is 0 Å². The van der Waals surface area contributed by atoms with Crippen LogP contribution >= 0.6 is 35.0 Å². The molecular weight excluding hydrogens is 329 g/mol. The molecule has 0 saturated carbocycles. The molecule has 0 fully saturated rings. The van der Waals surface area contributed by atoms with Crippen LogP contribution in [0, 0.1) is 0 Å². The highest BCUT2D eigenvalue weighted by molar-refractivity contribution is 8.00. The van der Waals surface area contributed by atoms with E-state index in [2.05, 4.69) is 5.32 Å². The Morgan fingerprint density at radius 1 is 1.19 bits per heavy atom. The van der Waals surface area contributed by atoms with E-state index >= 15 is 0 Å². The maximum absolute atomic E-state index is 11.9. The zero-order chi connectivity index (χ0) is 15.2. The van der Waals surface area contributed by atoms with Crippen LogP contribution in [-0.2, 0) is 11.4 Å². The van der Waals surface area contributed by atoms with E-state index in [0.29, 0.717) is 15.7 Å². The lowest BCUT2D eigenvalue weighted by Crippen LogP contribution is -2.14. The lowest BCUT2D eigenvalue weighted by atomic mass is 10.2. The minimum absolute atomic E-state index is 0.0589. The number of hydrogen-bond donors (Lipinski definition) is 2. The quantitative estimate of drug-likeness (QED) is 0.800. The molecule has 0 aromatic heterocycles. The fourth-order valence-electron chi connectivity index (χ4n) is 1.68. The first-order valence-corrected chi connectivity index (χ1v) is 7.90. The Kier molecular flexibility index (Phi) is 5.94. The number of benzene rings is 2. The molecule has 0 spiro atoms. The van der Waals surface area contributed by atoms with E-state index in [1.165, 1.54) is 11.8 Å². The number of aliphatic hydroxyl groups excluding tert-OH is 1. The zero-order valence-electron chi connectivity index (χ0n) is 11.0. The number of nitrogens with one attached hydrogen (secondary N) is 1. The summed E-state index contributed by atoms with van der Waals surface area (Å²) >= 11 is 13.3. The number of halogens is 2.